The minimum Gasteiger partial charge on any atom is -0.473 e. The van der Waals surface area contributed by atoms with E-state index in [2.05, 4.69) is 43.0 Å². The molecule has 0 aromatic heterocycles. The largest absolute Gasteiger partial charge is 0.473 e. The first-order valence-corrected chi connectivity index (χ1v) is 14.1. The molecular weight excluding hydrogens is 531 g/mol. The molecule has 1 unspecified atom stereocenters. The van der Waals surface area contributed by atoms with E-state index >= 15 is 0 Å². The number of hydrogen-bond donors (Lipinski definition) is 2. The van der Waals surface area contributed by atoms with Crippen molar-refractivity contribution < 1.29 is 38.5 Å². The number of carboxylic acid groups (broad SMARTS) is 2. The number of carbonyl (C=O) groups is 3. The highest BCUT2D eigenvalue weighted by Crippen LogP contribution is 2.23. The Balaban J connectivity index is 0.000000696. The molecular formula is C31H41FN2O7. The number of benzene rings is 2. The van der Waals surface area contributed by atoms with Gasteiger partial charge in [0, 0.05) is 38.6 Å². The zero-order chi connectivity index (χ0) is 29.9. The Morgan fingerprint density at radius 1 is 0.976 bits per heavy atom. The second-order valence-electron chi connectivity index (χ2n) is 10.9. The van der Waals surface area contributed by atoms with Gasteiger partial charge in [-0.15, -0.1) is 0 Å². The summed E-state index contributed by atoms with van der Waals surface area (Å²) in [6.07, 6.45) is 3.21. The van der Waals surface area contributed by atoms with Crippen molar-refractivity contribution >= 4 is 17.8 Å². The molecule has 0 bridgehead atoms. The standard InChI is InChI=1S/C29H39FN2O3.C2H2O4/c1-21(2)25-8-4-23(5-9-25)18-28(33)32(19-24-6-10-26(30)11-7-24)27-12-15-31(16-13-27)17-14-29-34-20-22(3)35-29;3-1(4)2(5)6/h4-11,21-22,27,29H,12-20H2,1-3H3;(H,3,4)(H,5,6)/t22?,29-;/m0./s1. The van der Waals surface area contributed by atoms with Gasteiger partial charge in [0.15, 0.2) is 6.29 Å². The summed E-state index contributed by atoms with van der Waals surface area (Å²) in [5, 5.41) is 14.8. The maximum Gasteiger partial charge on any atom is 0.414 e. The lowest BCUT2D eigenvalue weighted by molar-refractivity contribution is -0.159. The van der Waals surface area contributed by atoms with Crippen LogP contribution in [0.1, 0.15) is 62.6 Å². The molecule has 2 aromatic rings. The Morgan fingerprint density at radius 3 is 2.07 bits per heavy atom. The summed E-state index contributed by atoms with van der Waals surface area (Å²) in [5.41, 5.74) is 3.27. The van der Waals surface area contributed by atoms with Crippen LogP contribution in [0.5, 0.6) is 0 Å². The van der Waals surface area contributed by atoms with Crippen LogP contribution in [0.15, 0.2) is 48.5 Å². The van der Waals surface area contributed by atoms with E-state index in [9.17, 15) is 9.18 Å². The van der Waals surface area contributed by atoms with Gasteiger partial charge in [-0.05, 0) is 54.5 Å². The first-order valence-electron chi connectivity index (χ1n) is 14.1. The molecule has 0 spiro atoms. The average Bonchev–Trinajstić information content (AvgIpc) is 3.37. The molecule has 2 aliphatic heterocycles. The minimum absolute atomic E-state index is 0.0960. The summed E-state index contributed by atoms with van der Waals surface area (Å²) < 4.78 is 24.9. The Labute approximate surface area is 240 Å². The number of rotatable bonds is 9. The molecule has 2 aromatic carbocycles. The quantitative estimate of drug-likeness (QED) is 0.428. The van der Waals surface area contributed by atoms with Crippen LogP contribution in [-0.4, -0.2) is 82.5 Å². The van der Waals surface area contributed by atoms with Crippen molar-refractivity contribution in [1.82, 2.24) is 9.80 Å². The van der Waals surface area contributed by atoms with E-state index in [0.717, 1.165) is 50.0 Å². The SMILES string of the molecule is CC1CO[C@H](CCN2CCC(N(Cc3ccc(F)cc3)C(=O)Cc3ccc(C(C)C)cc3)CC2)O1.O=C(O)C(=O)O. The van der Waals surface area contributed by atoms with Crippen molar-refractivity contribution in [2.45, 2.75) is 77.4 Å². The maximum atomic E-state index is 13.5. The smallest absolute Gasteiger partial charge is 0.414 e. The first-order chi connectivity index (χ1) is 19.5. The molecule has 1 amide bonds. The van der Waals surface area contributed by atoms with Gasteiger partial charge in [0.25, 0.3) is 0 Å². The molecule has 4 rings (SSSR count). The third-order valence-electron chi connectivity index (χ3n) is 7.35. The monoisotopic (exact) mass is 572 g/mol. The van der Waals surface area contributed by atoms with Crippen LogP contribution < -0.4 is 0 Å². The number of piperidine rings is 1. The zero-order valence-corrected chi connectivity index (χ0v) is 24.0. The molecule has 2 atom stereocenters. The van der Waals surface area contributed by atoms with E-state index in [1.54, 1.807) is 12.1 Å². The van der Waals surface area contributed by atoms with Crippen LogP contribution in [0, 0.1) is 5.82 Å². The molecule has 2 fully saturated rings. The third kappa shape index (κ3) is 10.5. The summed E-state index contributed by atoms with van der Waals surface area (Å²) in [6, 6.07) is 15.1. The molecule has 9 nitrogen and oxygen atoms in total. The fourth-order valence-electron chi connectivity index (χ4n) is 4.98. The van der Waals surface area contributed by atoms with Crippen LogP contribution in [0.25, 0.3) is 0 Å². The van der Waals surface area contributed by atoms with Gasteiger partial charge in [0.1, 0.15) is 5.82 Å². The molecule has 0 aliphatic carbocycles. The second-order valence-corrected chi connectivity index (χ2v) is 10.9. The van der Waals surface area contributed by atoms with Crippen LogP contribution >= 0.6 is 0 Å². The molecule has 0 radical (unpaired) electrons. The van der Waals surface area contributed by atoms with E-state index < -0.39 is 11.9 Å². The predicted octanol–water partition coefficient (Wildman–Crippen LogP) is 4.29. The van der Waals surface area contributed by atoms with Gasteiger partial charge >= 0.3 is 11.9 Å². The maximum absolute atomic E-state index is 13.5. The van der Waals surface area contributed by atoms with Gasteiger partial charge in [-0.2, -0.15) is 0 Å². The van der Waals surface area contributed by atoms with Crippen LogP contribution in [0.2, 0.25) is 0 Å². The van der Waals surface area contributed by atoms with Crippen molar-refractivity contribution in [2.24, 2.45) is 0 Å². The van der Waals surface area contributed by atoms with E-state index in [0.29, 0.717) is 25.5 Å². The van der Waals surface area contributed by atoms with Crippen molar-refractivity contribution in [1.29, 1.82) is 0 Å². The molecule has 224 valence electrons. The van der Waals surface area contributed by atoms with Crippen molar-refractivity contribution in [3.8, 4) is 0 Å². The Kier molecular flexibility index (Phi) is 12.2. The number of halogens is 1. The molecule has 2 heterocycles. The number of aliphatic carboxylic acids is 2. The number of nitrogens with zero attached hydrogens (tertiary/aromatic N) is 2. The third-order valence-corrected chi connectivity index (χ3v) is 7.35. The number of amides is 1. The van der Waals surface area contributed by atoms with Crippen LogP contribution in [0.3, 0.4) is 0 Å². The van der Waals surface area contributed by atoms with Crippen molar-refractivity contribution in [3.63, 3.8) is 0 Å². The Hall–Kier alpha value is -3.34. The fraction of sp³-hybridized carbons (Fsp3) is 0.516. The number of hydrogen-bond acceptors (Lipinski definition) is 6. The van der Waals surface area contributed by atoms with Gasteiger partial charge in [-0.3, -0.25) is 4.79 Å². The van der Waals surface area contributed by atoms with E-state index in [-0.39, 0.29) is 30.2 Å². The second kappa shape index (κ2) is 15.6. The molecule has 2 aliphatic rings. The predicted molar refractivity (Wildman–Crippen MR) is 151 cm³/mol. The van der Waals surface area contributed by atoms with Crippen LogP contribution in [-0.2, 0) is 36.8 Å². The fourth-order valence-corrected chi connectivity index (χ4v) is 4.98. The number of likely N-dealkylation sites (tertiary alicyclic amines) is 1. The zero-order valence-electron chi connectivity index (χ0n) is 24.0. The van der Waals surface area contributed by atoms with Gasteiger partial charge in [0.2, 0.25) is 5.91 Å². The highest BCUT2D eigenvalue weighted by atomic mass is 19.1. The Bertz CT molecular complexity index is 1120. The van der Waals surface area contributed by atoms with E-state index in [4.69, 9.17) is 29.3 Å². The summed E-state index contributed by atoms with van der Waals surface area (Å²) in [4.78, 5) is 36.2. The first kappa shape index (κ1) is 32.2. The molecule has 10 heteroatoms. The summed E-state index contributed by atoms with van der Waals surface area (Å²) in [7, 11) is 0. The molecule has 0 saturated carbocycles. The van der Waals surface area contributed by atoms with E-state index in [1.165, 1.54) is 17.7 Å². The summed E-state index contributed by atoms with van der Waals surface area (Å²) in [6.45, 7) is 10.4. The number of ether oxygens (including phenoxy) is 2. The highest BCUT2D eigenvalue weighted by Gasteiger charge is 2.29. The number of carboxylic acids is 2. The van der Waals surface area contributed by atoms with Crippen LogP contribution in [0.4, 0.5) is 4.39 Å². The van der Waals surface area contributed by atoms with Gasteiger partial charge in [0.05, 0.1) is 19.1 Å². The molecule has 41 heavy (non-hydrogen) atoms. The summed E-state index contributed by atoms with van der Waals surface area (Å²) in [5.74, 6) is -3.30. The van der Waals surface area contributed by atoms with Gasteiger partial charge < -0.3 is 29.5 Å². The summed E-state index contributed by atoms with van der Waals surface area (Å²) >= 11 is 0. The normalized spacial score (nSPS) is 19.4. The molecule has 2 saturated heterocycles. The van der Waals surface area contributed by atoms with Crippen molar-refractivity contribution in [2.75, 3.05) is 26.2 Å². The van der Waals surface area contributed by atoms with E-state index in [1.807, 2.05) is 11.8 Å². The van der Waals surface area contributed by atoms with Gasteiger partial charge in [-0.25, -0.2) is 14.0 Å². The highest BCUT2D eigenvalue weighted by molar-refractivity contribution is 6.27. The lowest BCUT2D eigenvalue weighted by atomic mass is 9.99. The lowest BCUT2D eigenvalue weighted by Crippen LogP contribution is -2.48. The Morgan fingerprint density at radius 2 is 1.56 bits per heavy atom. The lowest BCUT2D eigenvalue weighted by Gasteiger charge is -2.39. The topological polar surface area (TPSA) is 117 Å². The average molecular weight is 573 g/mol. The van der Waals surface area contributed by atoms with Crippen molar-refractivity contribution in [3.05, 3.63) is 71.0 Å². The van der Waals surface area contributed by atoms with Gasteiger partial charge in [-0.1, -0.05) is 50.2 Å². The minimum atomic E-state index is -1.82. The molecule has 2 N–H and O–H groups in total. The number of carbonyl (C=O) groups excluding carboxylic acids is 1.